The topological polar surface area (TPSA) is 79.6 Å². The molecule has 1 N–H and O–H groups in total. The van der Waals surface area contributed by atoms with Crippen LogP contribution < -0.4 is 5.32 Å². The van der Waals surface area contributed by atoms with Gasteiger partial charge < -0.3 is 9.73 Å². The zero-order valence-corrected chi connectivity index (χ0v) is 16.4. The number of furan rings is 1. The van der Waals surface area contributed by atoms with E-state index in [-0.39, 0.29) is 17.3 Å². The summed E-state index contributed by atoms with van der Waals surface area (Å²) in [4.78, 5) is 14.7. The Bertz CT molecular complexity index is 1020. The second-order valence-electron chi connectivity index (χ2n) is 6.56. The molecule has 6 nitrogen and oxygen atoms in total. The summed E-state index contributed by atoms with van der Waals surface area (Å²) in [6.45, 7) is 1.20. The predicted octanol–water partition coefficient (Wildman–Crippen LogP) is 3.32. The zero-order chi connectivity index (χ0) is 20.0. The Morgan fingerprint density at radius 1 is 1.00 bits per heavy atom. The Hall–Kier alpha value is -2.90. The van der Waals surface area contributed by atoms with Crippen molar-refractivity contribution in [2.75, 3.05) is 18.1 Å². The van der Waals surface area contributed by atoms with E-state index in [0.29, 0.717) is 18.8 Å². The molecule has 0 spiro atoms. The van der Waals surface area contributed by atoms with Gasteiger partial charge in [-0.15, -0.1) is 0 Å². The monoisotopic (exact) mass is 398 g/mol. The van der Waals surface area contributed by atoms with Crippen LogP contribution in [0.1, 0.15) is 11.3 Å². The van der Waals surface area contributed by atoms with E-state index >= 15 is 0 Å². The van der Waals surface area contributed by atoms with E-state index in [4.69, 9.17) is 4.42 Å². The molecular formula is C21H22N2O4S. The fourth-order valence-corrected chi connectivity index (χ4v) is 3.51. The number of carbonyl (C=O) groups is 1. The van der Waals surface area contributed by atoms with Gasteiger partial charge in [-0.2, -0.15) is 0 Å². The molecule has 3 rings (SSSR count). The molecule has 0 radical (unpaired) electrons. The second-order valence-corrected chi connectivity index (χ2v) is 8.57. The van der Waals surface area contributed by atoms with Gasteiger partial charge in [0, 0.05) is 18.5 Å². The molecule has 1 aromatic heterocycles. The minimum absolute atomic E-state index is 0.138. The van der Waals surface area contributed by atoms with Crippen molar-refractivity contribution in [3.8, 4) is 0 Å². The summed E-state index contributed by atoms with van der Waals surface area (Å²) in [5.74, 6) is 0.538. The first-order valence-corrected chi connectivity index (χ1v) is 10.7. The SMILES string of the molecule is CS(=O)(=O)c1cccc(NC(=O)CN(Cc2ccccc2)Cc2ccco2)c1. The summed E-state index contributed by atoms with van der Waals surface area (Å²) in [7, 11) is -3.33. The molecule has 2 aromatic carbocycles. The number of carbonyl (C=O) groups excluding carboxylic acids is 1. The van der Waals surface area contributed by atoms with E-state index in [1.807, 2.05) is 47.4 Å². The lowest BCUT2D eigenvalue weighted by atomic mass is 10.2. The lowest BCUT2D eigenvalue weighted by Gasteiger charge is -2.21. The van der Waals surface area contributed by atoms with Gasteiger partial charge in [0.05, 0.1) is 24.2 Å². The van der Waals surface area contributed by atoms with Crippen molar-refractivity contribution in [2.24, 2.45) is 0 Å². The highest BCUT2D eigenvalue weighted by atomic mass is 32.2. The lowest BCUT2D eigenvalue weighted by Crippen LogP contribution is -2.32. The average Bonchev–Trinajstić information content (AvgIpc) is 3.15. The summed E-state index contributed by atoms with van der Waals surface area (Å²) in [6.07, 6.45) is 2.74. The summed E-state index contributed by atoms with van der Waals surface area (Å²) in [5.41, 5.74) is 1.53. The molecule has 0 saturated carbocycles. The number of nitrogens with zero attached hydrogens (tertiary/aromatic N) is 1. The van der Waals surface area contributed by atoms with Crippen LogP contribution in [0.15, 0.2) is 82.3 Å². The summed E-state index contributed by atoms with van der Waals surface area (Å²) in [5, 5.41) is 2.77. The number of nitrogens with one attached hydrogen (secondary N) is 1. The Labute approximate surface area is 164 Å². The predicted molar refractivity (Wildman–Crippen MR) is 107 cm³/mol. The maximum absolute atomic E-state index is 12.6. The maximum Gasteiger partial charge on any atom is 0.238 e. The summed E-state index contributed by atoms with van der Waals surface area (Å²) in [6, 6.07) is 19.8. The summed E-state index contributed by atoms with van der Waals surface area (Å²) >= 11 is 0. The first-order valence-electron chi connectivity index (χ1n) is 8.79. The molecule has 0 saturated heterocycles. The number of rotatable bonds is 8. The molecule has 0 fully saturated rings. The van der Waals surface area contributed by atoms with Gasteiger partial charge in [-0.3, -0.25) is 9.69 Å². The first-order chi connectivity index (χ1) is 13.4. The minimum atomic E-state index is -3.33. The Morgan fingerprint density at radius 2 is 1.79 bits per heavy atom. The smallest absolute Gasteiger partial charge is 0.238 e. The largest absolute Gasteiger partial charge is 0.468 e. The van der Waals surface area contributed by atoms with Crippen LogP contribution in [0.3, 0.4) is 0 Å². The molecular weight excluding hydrogens is 376 g/mol. The lowest BCUT2D eigenvalue weighted by molar-refractivity contribution is -0.117. The highest BCUT2D eigenvalue weighted by molar-refractivity contribution is 7.90. The van der Waals surface area contributed by atoms with E-state index in [0.717, 1.165) is 17.6 Å². The molecule has 7 heteroatoms. The fourth-order valence-electron chi connectivity index (χ4n) is 2.84. The normalized spacial score (nSPS) is 11.5. The van der Waals surface area contributed by atoms with Gasteiger partial charge in [-0.1, -0.05) is 36.4 Å². The van der Waals surface area contributed by atoms with E-state index < -0.39 is 9.84 Å². The van der Waals surface area contributed by atoms with Crippen molar-refractivity contribution in [3.63, 3.8) is 0 Å². The third-order valence-electron chi connectivity index (χ3n) is 4.12. The fraction of sp³-hybridized carbons (Fsp3) is 0.190. The van der Waals surface area contributed by atoms with Crippen LogP contribution in [-0.4, -0.2) is 32.0 Å². The molecule has 0 atom stereocenters. The molecule has 3 aromatic rings. The van der Waals surface area contributed by atoms with Crippen molar-refractivity contribution >= 4 is 21.4 Å². The van der Waals surface area contributed by atoms with E-state index in [1.54, 1.807) is 18.4 Å². The van der Waals surface area contributed by atoms with Crippen LogP contribution in [0.25, 0.3) is 0 Å². The number of amides is 1. The minimum Gasteiger partial charge on any atom is -0.468 e. The molecule has 1 amide bonds. The van der Waals surface area contributed by atoms with E-state index in [2.05, 4.69) is 5.32 Å². The highest BCUT2D eigenvalue weighted by Gasteiger charge is 2.15. The maximum atomic E-state index is 12.6. The molecule has 146 valence electrons. The van der Waals surface area contributed by atoms with Crippen LogP contribution in [0.2, 0.25) is 0 Å². The number of sulfone groups is 1. The number of hydrogen-bond donors (Lipinski definition) is 1. The average molecular weight is 398 g/mol. The molecule has 0 unspecified atom stereocenters. The van der Waals surface area contributed by atoms with Gasteiger partial charge in [-0.25, -0.2) is 8.42 Å². The van der Waals surface area contributed by atoms with Gasteiger partial charge >= 0.3 is 0 Å². The third-order valence-corrected chi connectivity index (χ3v) is 5.23. The zero-order valence-electron chi connectivity index (χ0n) is 15.5. The van der Waals surface area contributed by atoms with Crippen molar-refractivity contribution < 1.29 is 17.6 Å². The van der Waals surface area contributed by atoms with Crippen LogP contribution >= 0.6 is 0 Å². The standard InChI is InChI=1S/C21H22N2O4S/c1-28(25,26)20-11-5-9-18(13-20)22-21(24)16-23(15-19-10-6-12-27-19)14-17-7-3-2-4-8-17/h2-13H,14-16H2,1H3,(H,22,24). The summed E-state index contributed by atoms with van der Waals surface area (Å²) < 4.78 is 28.8. The second kappa shape index (κ2) is 8.86. The molecule has 1 heterocycles. The van der Waals surface area contributed by atoms with Crippen molar-refractivity contribution in [1.82, 2.24) is 4.90 Å². The first kappa shape index (κ1) is 19.9. The number of anilines is 1. The quantitative estimate of drug-likeness (QED) is 0.630. The van der Waals surface area contributed by atoms with Gasteiger partial charge in [0.1, 0.15) is 5.76 Å². The Balaban J connectivity index is 1.70. The Morgan fingerprint density at radius 3 is 2.46 bits per heavy atom. The van der Waals surface area contributed by atoms with Gasteiger partial charge in [-0.05, 0) is 35.9 Å². The van der Waals surface area contributed by atoms with Crippen molar-refractivity contribution in [1.29, 1.82) is 0 Å². The van der Waals surface area contributed by atoms with Crippen molar-refractivity contribution in [2.45, 2.75) is 18.0 Å². The van der Waals surface area contributed by atoms with E-state index in [1.165, 1.54) is 12.1 Å². The molecule has 0 bridgehead atoms. The Kier molecular flexibility index (Phi) is 6.28. The van der Waals surface area contributed by atoms with Crippen molar-refractivity contribution in [3.05, 3.63) is 84.3 Å². The third kappa shape index (κ3) is 5.80. The number of benzene rings is 2. The molecule has 28 heavy (non-hydrogen) atoms. The van der Waals surface area contributed by atoms with Crippen LogP contribution in [-0.2, 0) is 27.7 Å². The number of hydrogen-bond acceptors (Lipinski definition) is 5. The van der Waals surface area contributed by atoms with Gasteiger partial charge in [0.2, 0.25) is 5.91 Å². The highest BCUT2D eigenvalue weighted by Crippen LogP contribution is 2.16. The molecule has 0 aliphatic heterocycles. The molecule has 0 aliphatic carbocycles. The molecule has 0 aliphatic rings. The van der Waals surface area contributed by atoms with Gasteiger partial charge in [0.25, 0.3) is 0 Å². The van der Waals surface area contributed by atoms with Crippen LogP contribution in [0.4, 0.5) is 5.69 Å². The van der Waals surface area contributed by atoms with Crippen LogP contribution in [0.5, 0.6) is 0 Å². The van der Waals surface area contributed by atoms with Crippen LogP contribution in [0, 0.1) is 0 Å². The van der Waals surface area contributed by atoms with E-state index in [9.17, 15) is 13.2 Å². The van der Waals surface area contributed by atoms with Gasteiger partial charge in [0.15, 0.2) is 9.84 Å².